The van der Waals surface area contributed by atoms with Gasteiger partial charge in [0.25, 0.3) is 0 Å². The molecule has 1 aromatic heterocycles. The summed E-state index contributed by atoms with van der Waals surface area (Å²) in [6, 6.07) is 7.19. The average molecular weight is 265 g/mol. The molecule has 6 nitrogen and oxygen atoms in total. The number of hydrogen-bond acceptors (Lipinski definition) is 5. The van der Waals surface area contributed by atoms with Gasteiger partial charge in [0.2, 0.25) is 0 Å². The smallest absolute Gasteiger partial charge is 0.339 e. The van der Waals surface area contributed by atoms with Crippen LogP contribution in [0.25, 0.3) is 0 Å². The maximum atomic E-state index is 11.2. The zero-order valence-electron chi connectivity index (χ0n) is 9.58. The van der Waals surface area contributed by atoms with E-state index in [1.807, 2.05) is 12.1 Å². The molecule has 94 valence electrons. The zero-order chi connectivity index (χ0) is 13.1. The van der Waals surface area contributed by atoms with Crippen LogP contribution in [0.15, 0.2) is 43.9 Å². The van der Waals surface area contributed by atoms with E-state index >= 15 is 0 Å². The summed E-state index contributed by atoms with van der Waals surface area (Å²) in [7, 11) is 1.61. The predicted molar refractivity (Wildman–Crippen MR) is 66.6 cm³/mol. The van der Waals surface area contributed by atoms with Crippen LogP contribution in [0.4, 0.5) is 0 Å². The van der Waals surface area contributed by atoms with Gasteiger partial charge in [-0.05, 0) is 17.7 Å². The van der Waals surface area contributed by atoms with Crippen LogP contribution < -0.4 is 11.1 Å². The lowest BCUT2D eigenvalue weighted by Crippen LogP contribution is -2.33. The molecule has 2 N–H and O–H groups in total. The first kappa shape index (κ1) is 12.6. The van der Waals surface area contributed by atoms with Crippen LogP contribution in [0.1, 0.15) is 5.56 Å². The summed E-state index contributed by atoms with van der Waals surface area (Å²) in [6.45, 7) is -0.0136. The number of nitrogens with one attached hydrogen (secondary N) is 1. The van der Waals surface area contributed by atoms with Gasteiger partial charge in [-0.1, -0.05) is 23.9 Å². The summed E-state index contributed by atoms with van der Waals surface area (Å²) < 4.78 is 1.40. The molecule has 2 aromatic rings. The lowest BCUT2D eigenvalue weighted by atomic mass is 10.2. The SMILES string of the molecule is Cn1[nH]c(=O)c(=O)nc1Sc1ccc(CO)cc1. The number of rotatable bonds is 3. The van der Waals surface area contributed by atoms with Gasteiger partial charge in [-0.2, -0.15) is 4.98 Å². The molecule has 0 saturated carbocycles. The van der Waals surface area contributed by atoms with Crippen LogP contribution in [-0.4, -0.2) is 19.9 Å². The van der Waals surface area contributed by atoms with E-state index in [1.54, 1.807) is 19.2 Å². The lowest BCUT2D eigenvalue weighted by Gasteiger charge is -2.05. The van der Waals surface area contributed by atoms with Crippen molar-refractivity contribution in [2.24, 2.45) is 7.05 Å². The number of benzene rings is 1. The molecule has 0 atom stereocenters. The second kappa shape index (κ2) is 5.19. The Balaban J connectivity index is 2.30. The van der Waals surface area contributed by atoms with Crippen molar-refractivity contribution in [3.63, 3.8) is 0 Å². The largest absolute Gasteiger partial charge is 0.392 e. The first-order valence-corrected chi connectivity index (χ1v) is 5.97. The molecular formula is C11H11N3O3S. The summed E-state index contributed by atoms with van der Waals surface area (Å²) >= 11 is 1.26. The number of aliphatic hydroxyl groups is 1. The van der Waals surface area contributed by atoms with Gasteiger partial charge < -0.3 is 5.11 Å². The van der Waals surface area contributed by atoms with Crippen LogP contribution in [-0.2, 0) is 13.7 Å². The Bertz CT molecular complexity index is 660. The van der Waals surface area contributed by atoms with Gasteiger partial charge in [0.05, 0.1) is 6.61 Å². The monoisotopic (exact) mass is 265 g/mol. The van der Waals surface area contributed by atoms with Gasteiger partial charge in [0.15, 0.2) is 5.16 Å². The van der Waals surface area contributed by atoms with E-state index in [4.69, 9.17) is 5.11 Å². The molecule has 0 aliphatic heterocycles. The van der Waals surface area contributed by atoms with Gasteiger partial charge >= 0.3 is 11.1 Å². The van der Waals surface area contributed by atoms with Gasteiger partial charge in [0, 0.05) is 11.9 Å². The minimum absolute atomic E-state index is 0.0136. The van der Waals surface area contributed by atoms with Gasteiger partial charge in [-0.15, -0.1) is 0 Å². The molecule has 0 amide bonds. The third-order valence-electron chi connectivity index (χ3n) is 2.26. The number of aliphatic hydroxyl groups excluding tert-OH is 1. The lowest BCUT2D eigenvalue weighted by molar-refractivity contribution is 0.282. The molecule has 18 heavy (non-hydrogen) atoms. The summed E-state index contributed by atoms with van der Waals surface area (Å²) in [5.74, 6) is 0. The van der Waals surface area contributed by atoms with Crippen molar-refractivity contribution >= 4 is 11.8 Å². The van der Waals surface area contributed by atoms with E-state index in [0.717, 1.165) is 10.5 Å². The van der Waals surface area contributed by atoms with E-state index in [1.165, 1.54) is 16.4 Å². The Labute approximate surface area is 106 Å². The molecule has 0 spiro atoms. The first-order chi connectivity index (χ1) is 8.60. The highest BCUT2D eigenvalue weighted by atomic mass is 32.2. The van der Waals surface area contributed by atoms with Crippen molar-refractivity contribution < 1.29 is 5.11 Å². The highest BCUT2D eigenvalue weighted by molar-refractivity contribution is 7.99. The fourth-order valence-electron chi connectivity index (χ4n) is 1.32. The van der Waals surface area contributed by atoms with Crippen LogP contribution in [0.3, 0.4) is 0 Å². The van der Waals surface area contributed by atoms with Crippen molar-refractivity contribution in [2.75, 3.05) is 0 Å². The molecule has 1 heterocycles. The van der Waals surface area contributed by atoms with E-state index in [2.05, 4.69) is 10.1 Å². The number of aryl methyl sites for hydroxylation is 1. The highest BCUT2D eigenvalue weighted by Gasteiger charge is 2.05. The molecule has 0 bridgehead atoms. The number of hydrogen-bond donors (Lipinski definition) is 2. The van der Waals surface area contributed by atoms with Gasteiger partial charge in [0.1, 0.15) is 0 Å². The van der Waals surface area contributed by atoms with Crippen molar-refractivity contribution in [1.29, 1.82) is 0 Å². The van der Waals surface area contributed by atoms with Crippen molar-refractivity contribution in [3.05, 3.63) is 50.5 Å². The summed E-state index contributed by atoms with van der Waals surface area (Å²) in [5.41, 5.74) is -0.734. The fourth-order valence-corrected chi connectivity index (χ4v) is 2.11. The van der Waals surface area contributed by atoms with Crippen LogP contribution in [0.2, 0.25) is 0 Å². The number of nitrogens with zero attached hydrogens (tertiary/aromatic N) is 2. The quantitative estimate of drug-likeness (QED) is 0.769. The van der Waals surface area contributed by atoms with E-state index in [0.29, 0.717) is 5.16 Å². The third kappa shape index (κ3) is 2.69. The first-order valence-electron chi connectivity index (χ1n) is 5.15. The second-order valence-corrected chi connectivity index (χ2v) is 4.64. The Morgan fingerprint density at radius 1 is 1.33 bits per heavy atom. The molecular weight excluding hydrogens is 254 g/mol. The molecule has 0 aliphatic carbocycles. The number of aromatic nitrogens is 3. The average Bonchev–Trinajstić information content (AvgIpc) is 2.37. The van der Waals surface area contributed by atoms with E-state index in [-0.39, 0.29) is 6.61 Å². The van der Waals surface area contributed by atoms with Gasteiger partial charge in [-0.25, -0.2) is 0 Å². The predicted octanol–water partition coefficient (Wildman–Crippen LogP) is 0.112. The Morgan fingerprint density at radius 2 is 2.00 bits per heavy atom. The van der Waals surface area contributed by atoms with E-state index in [9.17, 15) is 9.59 Å². The Hall–Kier alpha value is -1.86. The molecule has 1 aromatic carbocycles. The molecule has 7 heteroatoms. The summed E-state index contributed by atoms with van der Waals surface area (Å²) in [4.78, 5) is 26.8. The van der Waals surface area contributed by atoms with Crippen LogP contribution >= 0.6 is 11.8 Å². The normalized spacial score (nSPS) is 10.6. The van der Waals surface area contributed by atoms with Gasteiger partial charge in [-0.3, -0.25) is 19.4 Å². The molecule has 0 saturated heterocycles. The molecule has 0 fully saturated rings. The number of H-pyrrole nitrogens is 1. The molecule has 0 unspecified atom stereocenters. The maximum Gasteiger partial charge on any atom is 0.339 e. The molecule has 2 rings (SSSR count). The van der Waals surface area contributed by atoms with Crippen LogP contribution in [0.5, 0.6) is 0 Å². The molecule has 0 aliphatic rings. The zero-order valence-corrected chi connectivity index (χ0v) is 10.4. The third-order valence-corrected chi connectivity index (χ3v) is 3.32. The summed E-state index contributed by atoms with van der Waals surface area (Å²) in [6.07, 6.45) is 0. The second-order valence-electron chi connectivity index (χ2n) is 3.60. The minimum atomic E-state index is -0.803. The number of aromatic amines is 1. The molecule has 0 radical (unpaired) electrons. The maximum absolute atomic E-state index is 11.2. The standard InChI is InChI=1S/C11H11N3O3S/c1-14-11(12-9(16)10(17)13-14)18-8-4-2-7(6-15)3-5-8/h2-5,15H,6H2,1H3,(H,13,17). The Kier molecular flexibility index (Phi) is 3.63. The van der Waals surface area contributed by atoms with Crippen LogP contribution in [0, 0.1) is 0 Å². The van der Waals surface area contributed by atoms with Crippen molar-refractivity contribution in [1.82, 2.24) is 14.8 Å². The van der Waals surface area contributed by atoms with Crippen molar-refractivity contribution in [3.8, 4) is 0 Å². The van der Waals surface area contributed by atoms with Crippen molar-refractivity contribution in [2.45, 2.75) is 16.7 Å². The summed E-state index contributed by atoms with van der Waals surface area (Å²) in [5, 5.41) is 11.7. The fraction of sp³-hybridized carbons (Fsp3) is 0.182. The highest BCUT2D eigenvalue weighted by Crippen LogP contribution is 2.24. The van der Waals surface area contributed by atoms with E-state index < -0.39 is 11.1 Å². The topological polar surface area (TPSA) is 88.0 Å². The minimum Gasteiger partial charge on any atom is -0.392 e. The Morgan fingerprint density at radius 3 is 2.61 bits per heavy atom.